The highest BCUT2D eigenvalue weighted by Gasteiger charge is 2.22. The number of aryl methyl sites for hydroxylation is 4. The quantitative estimate of drug-likeness (QED) is 0.504. The fourth-order valence-corrected chi connectivity index (χ4v) is 3.76. The number of aromatic nitrogens is 5. The van der Waals surface area contributed by atoms with Crippen molar-refractivity contribution >= 4 is 16.9 Å². The topological polar surface area (TPSA) is 77.6 Å². The van der Waals surface area contributed by atoms with Gasteiger partial charge in [0.1, 0.15) is 0 Å². The molecule has 0 aliphatic heterocycles. The van der Waals surface area contributed by atoms with Gasteiger partial charge < -0.3 is 5.32 Å². The number of nitrogens with one attached hydrogen (secondary N) is 1. The summed E-state index contributed by atoms with van der Waals surface area (Å²) in [6.07, 6.45) is 1.92. The third-order valence-corrected chi connectivity index (χ3v) is 5.55. The lowest BCUT2D eigenvalue weighted by atomic mass is 10.0. The Morgan fingerprint density at radius 1 is 1.06 bits per heavy atom. The number of hydrogen-bond acceptors (Lipinski definition) is 4. The molecule has 31 heavy (non-hydrogen) atoms. The molecule has 3 heterocycles. The van der Waals surface area contributed by atoms with Crippen molar-refractivity contribution < 1.29 is 4.79 Å². The fourth-order valence-electron chi connectivity index (χ4n) is 3.76. The first kappa shape index (κ1) is 20.8. The largest absolute Gasteiger partial charge is 0.344 e. The van der Waals surface area contributed by atoms with E-state index < -0.39 is 0 Å². The molecule has 0 bridgehead atoms. The zero-order valence-electron chi connectivity index (χ0n) is 18.7. The lowest BCUT2D eigenvalue weighted by molar-refractivity contribution is 0.0940. The maximum atomic E-state index is 13.4. The number of carbonyl (C=O) groups is 1. The summed E-state index contributed by atoms with van der Waals surface area (Å²) in [6, 6.07) is 11.8. The number of benzene rings is 1. The number of hydrogen-bond donors (Lipinski definition) is 1. The third-order valence-electron chi connectivity index (χ3n) is 5.55. The molecule has 1 N–H and O–H groups in total. The van der Waals surface area contributed by atoms with Crippen LogP contribution < -0.4 is 5.32 Å². The van der Waals surface area contributed by atoms with Crippen molar-refractivity contribution in [1.29, 1.82) is 0 Å². The highest BCUT2D eigenvalue weighted by atomic mass is 16.1. The maximum absolute atomic E-state index is 13.4. The molecule has 0 spiro atoms. The molecule has 1 amide bonds. The Bertz CT molecular complexity index is 1240. The van der Waals surface area contributed by atoms with E-state index in [1.807, 2.05) is 67.5 Å². The number of nitrogens with zero attached hydrogens (tertiary/aromatic N) is 5. The van der Waals surface area contributed by atoms with Crippen LogP contribution in [-0.2, 0) is 13.1 Å². The molecule has 0 aliphatic rings. The van der Waals surface area contributed by atoms with Crippen LogP contribution in [0.3, 0.4) is 0 Å². The molecule has 0 aliphatic carbocycles. The van der Waals surface area contributed by atoms with Gasteiger partial charge in [-0.3, -0.25) is 9.48 Å². The van der Waals surface area contributed by atoms with Crippen LogP contribution in [-0.4, -0.2) is 30.5 Å². The predicted molar refractivity (Wildman–Crippen MR) is 122 cm³/mol. The van der Waals surface area contributed by atoms with Crippen LogP contribution >= 0.6 is 0 Å². The second-order valence-corrected chi connectivity index (χ2v) is 7.81. The Morgan fingerprint density at radius 3 is 2.45 bits per heavy atom. The molecular weight excluding hydrogens is 388 g/mol. The maximum Gasteiger partial charge on any atom is 0.252 e. The molecule has 0 fully saturated rings. The van der Waals surface area contributed by atoms with Gasteiger partial charge in [0.05, 0.1) is 34.1 Å². The minimum Gasteiger partial charge on any atom is -0.344 e. The van der Waals surface area contributed by atoms with Gasteiger partial charge in [-0.15, -0.1) is 0 Å². The van der Waals surface area contributed by atoms with E-state index in [0.717, 1.165) is 40.2 Å². The van der Waals surface area contributed by atoms with Crippen molar-refractivity contribution in [3.05, 3.63) is 65.1 Å². The van der Waals surface area contributed by atoms with Crippen molar-refractivity contribution in [3.63, 3.8) is 0 Å². The van der Waals surface area contributed by atoms with Gasteiger partial charge in [-0.1, -0.05) is 29.8 Å². The normalized spacial score (nSPS) is 12.3. The van der Waals surface area contributed by atoms with E-state index in [2.05, 4.69) is 34.6 Å². The Balaban J connectivity index is 1.78. The second-order valence-electron chi connectivity index (χ2n) is 7.81. The van der Waals surface area contributed by atoms with Gasteiger partial charge in [-0.05, 0) is 46.8 Å². The van der Waals surface area contributed by atoms with Crippen LogP contribution in [0.25, 0.3) is 22.3 Å². The van der Waals surface area contributed by atoms with Crippen molar-refractivity contribution in [3.8, 4) is 11.3 Å². The zero-order chi connectivity index (χ0) is 22.1. The summed E-state index contributed by atoms with van der Waals surface area (Å²) in [7, 11) is 0. The summed E-state index contributed by atoms with van der Waals surface area (Å²) in [5.41, 5.74) is 5.85. The molecule has 160 valence electrons. The monoisotopic (exact) mass is 416 g/mol. The van der Waals surface area contributed by atoms with Gasteiger partial charge in [-0.25, -0.2) is 9.67 Å². The van der Waals surface area contributed by atoms with Crippen LogP contribution in [0.5, 0.6) is 0 Å². The van der Waals surface area contributed by atoms with Gasteiger partial charge in [-0.2, -0.15) is 10.2 Å². The van der Waals surface area contributed by atoms with Crippen LogP contribution in [0.1, 0.15) is 54.1 Å². The van der Waals surface area contributed by atoms with E-state index in [9.17, 15) is 4.79 Å². The van der Waals surface area contributed by atoms with Crippen LogP contribution in [0.2, 0.25) is 0 Å². The summed E-state index contributed by atoms with van der Waals surface area (Å²) >= 11 is 0. The highest BCUT2D eigenvalue weighted by Crippen LogP contribution is 2.28. The van der Waals surface area contributed by atoms with Gasteiger partial charge in [0.25, 0.3) is 5.91 Å². The molecule has 0 saturated carbocycles. The first-order valence-electron chi connectivity index (χ1n) is 10.7. The van der Waals surface area contributed by atoms with Gasteiger partial charge in [0, 0.05) is 24.8 Å². The molecule has 3 aromatic heterocycles. The Hall–Kier alpha value is -3.48. The predicted octanol–water partition coefficient (Wildman–Crippen LogP) is 4.44. The number of carbonyl (C=O) groups excluding carboxylic acids is 1. The average molecular weight is 417 g/mol. The summed E-state index contributed by atoms with van der Waals surface area (Å²) in [4.78, 5) is 18.3. The summed E-state index contributed by atoms with van der Waals surface area (Å²) in [6.45, 7) is 11.5. The summed E-state index contributed by atoms with van der Waals surface area (Å²) < 4.78 is 3.71. The van der Waals surface area contributed by atoms with E-state index in [-0.39, 0.29) is 11.9 Å². The molecular formula is C24H28N6O. The Morgan fingerprint density at radius 2 is 1.81 bits per heavy atom. The van der Waals surface area contributed by atoms with E-state index in [4.69, 9.17) is 4.98 Å². The average Bonchev–Trinajstić information content (AvgIpc) is 3.38. The molecule has 7 heteroatoms. The van der Waals surface area contributed by atoms with Crippen molar-refractivity contribution in [2.75, 3.05) is 0 Å². The van der Waals surface area contributed by atoms with Crippen molar-refractivity contribution in [2.24, 2.45) is 0 Å². The number of pyridine rings is 1. The first-order chi connectivity index (χ1) is 14.9. The lowest BCUT2D eigenvalue weighted by Crippen LogP contribution is -2.27. The summed E-state index contributed by atoms with van der Waals surface area (Å²) in [5.74, 6) is -0.155. The SMILES string of the molecule is CCn1ccc(C(C)NC(=O)c2cc(-c3ccc(C)cc3)nc3c2c(C)nn3CC)n1. The minimum atomic E-state index is -0.215. The highest BCUT2D eigenvalue weighted by molar-refractivity contribution is 6.07. The third kappa shape index (κ3) is 3.95. The van der Waals surface area contributed by atoms with E-state index in [1.165, 1.54) is 5.56 Å². The number of rotatable bonds is 6. The van der Waals surface area contributed by atoms with E-state index in [0.29, 0.717) is 12.1 Å². The van der Waals surface area contributed by atoms with Crippen LogP contribution in [0.4, 0.5) is 0 Å². The number of amides is 1. The van der Waals surface area contributed by atoms with Crippen molar-refractivity contribution in [2.45, 2.75) is 53.8 Å². The van der Waals surface area contributed by atoms with Gasteiger partial charge in [0.2, 0.25) is 0 Å². The molecule has 4 aromatic rings. The van der Waals surface area contributed by atoms with E-state index >= 15 is 0 Å². The van der Waals surface area contributed by atoms with Gasteiger partial charge in [0.15, 0.2) is 5.65 Å². The molecule has 1 atom stereocenters. The fraction of sp³-hybridized carbons (Fsp3) is 0.333. The minimum absolute atomic E-state index is 0.155. The number of fused-ring (bicyclic) bond motifs is 1. The molecule has 1 aromatic carbocycles. The Kier molecular flexibility index (Phi) is 5.59. The zero-order valence-corrected chi connectivity index (χ0v) is 18.7. The molecule has 0 radical (unpaired) electrons. The summed E-state index contributed by atoms with van der Waals surface area (Å²) in [5, 5.41) is 13.0. The van der Waals surface area contributed by atoms with Crippen LogP contribution in [0.15, 0.2) is 42.6 Å². The molecule has 4 rings (SSSR count). The molecule has 0 saturated heterocycles. The standard InChI is InChI=1S/C24H28N6O/c1-6-29-13-12-20(28-29)16(4)25-24(31)19-14-21(18-10-8-15(3)9-11-18)26-23-22(19)17(5)27-30(23)7-2/h8-14,16H,6-7H2,1-5H3,(H,25,31). The molecule has 1 unspecified atom stereocenters. The Labute approximate surface area is 182 Å². The van der Waals surface area contributed by atoms with E-state index in [1.54, 1.807) is 0 Å². The van der Waals surface area contributed by atoms with Crippen molar-refractivity contribution in [1.82, 2.24) is 29.9 Å². The lowest BCUT2D eigenvalue weighted by Gasteiger charge is -2.14. The second kappa shape index (κ2) is 8.34. The smallest absolute Gasteiger partial charge is 0.252 e. The van der Waals surface area contributed by atoms with Gasteiger partial charge >= 0.3 is 0 Å². The molecule has 7 nitrogen and oxygen atoms in total. The first-order valence-corrected chi connectivity index (χ1v) is 10.7. The van der Waals surface area contributed by atoms with Crippen LogP contribution in [0, 0.1) is 13.8 Å².